The van der Waals surface area contributed by atoms with Crippen molar-refractivity contribution < 1.29 is 14.3 Å². The number of halogens is 1. The quantitative estimate of drug-likeness (QED) is 0.766. The van der Waals surface area contributed by atoms with Gasteiger partial charge in [0.15, 0.2) is 11.5 Å². The summed E-state index contributed by atoms with van der Waals surface area (Å²) in [5, 5.41) is 3.68. The fraction of sp³-hybridized carbons (Fsp3) is 0.158. The summed E-state index contributed by atoms with van der Waals surface area (Å²) in [6, 6.07) is 12.0. The predicted octanol–water partition coefficient (Wildman–Crippen LogP) is 3.32. The fourth-order valence-electron chi connectivity index (χ4n) is 2.86. The van der Waals surface area contributed by atoms with Crippen molar-refractivity contribution in [3.05, 3.63) is 76.8 Å². The van der Waals surface area contributed by atoms with Gasteiger partial charge in [-0.3, -0.25) is 4.79 Å². The lowest BCUT2D eigenvalue weighted by atomic mass is 10.1. The molecule has 0 aliphatic carbocycles. The fourth-order valence-corrected chi connectivity index (χ4v) is 2.99. The number of aryl methyl sites for hydroxylation is 1. The summed E-state index contributed by atoms with van der Waals surface area (Å²) < 4.78 is 12.5. The van der Waals surface area contributed by atoms with Crippen LogP contribution in [0.1, 0.15) is 27.8 Å². The van der Waals surface area contributed by atoms with Crippen molar-refractivity contribution in [1.82, 2.24) is 14.9 Å². The zero-order valence-electron chi connectivity index (χ0n) is 14.0. The van der Waals surface area contributed by atoms with Crippen molar-refractivity contribution in [2.45, 2.75) is 6.04 Å². The smallest absolute Gasteiger partial charge is 0.252 e. The van der Waals surface area contributed by atoms with E-state index in [4.69, 9.17) is 21.1 Å². The van der Waals surface area contributed by atoms with Crippen molar-refractivity contribution in [2.24, 2.45) is 7.05 Å². The number of carbonyl (C=O) groups is 1. The predicted molar refractivity (Wildman–Crippen MR) is 96.5 cm³/mol. The summed E-state index contributed by atoms with van der Waals surface area (Å²) in [6.45, 7) is 0.168. The van der Waals surface area contributed by atoms with Crippen molar-refractivity contribution in [3.8, 4) is 11.5 Å². The number of nitrogens with one attached hydrogen (secondary N) is 1. The SMILES string of the molecule is Cn1ccnc1C(NC(=O)c1ccc2c(c1)OCO2)c1ccc(Cl)cc1. The molecule has 1 unspecified atom stereocenters. The molecule has 7 heteroatoms. The first-order valence-corrected chi connectivity index (χ1v) is 8.43. The average Bonchev–Trinajstić information content (AvgIpc) is 3.28. The number of amides is 1. The van der Waals surface area contributed by atoms with Crippen molar-refractivity contribution in [1.29, 1.82) is 0 Å². The van der Waals surface area contributed by atoms with E-state index >= 15 is 0 Å². The van der Waals surface area contributed by atoms with Gasteiger partial charge in [0, 0.05) is 30.0 Å². The first-order valence-electron chi connectivity index (χ1n) is 8.05. The average molecular weight is 370 g/mol. The monoisotopic (exact) mass is 369 g/mol. The van der Waals surface area contributed by atoms with Gasteiger partial charge in [-0.25, -0.2) is 4.98 Å². The Kier molecular flexibility index (Phi) is 4.26. The van der Waals surface area contributed by atoms with Gasteiger partial charge in [0.1, 0.15) is 11.9 Å². The first-order chi connectivity index (χ1) is 12.6. The minimum absolute atomic E-state index is 0.168. The summed E-state index contributed by atoms with van der Waals surface area (Å²) in [6.07, 6.45) is 3.54. The van der Waals surface area contributed by atoms with E-state index < -0.39 is 6.04 Å². The molecule has 0 saturated heterocycles. The Morgan fingerprint density at radius 1 is 1.19 bits per heavy atom. The lowest BCUT2D eigenvalue weighted by Crippen LogP contribution is -2.31. The van der Waals surface area contributed by atoms with Crippen LogP contribution in [0.25, 0.3) is 0 Å². The van der Waals surface area contributed by atoms with E-state index in [1.165, 1.54) is 0 Å². The minimum atomic E-state index is -0.412. The number of benzene rings is 2. The van der Waals surface area contributed by atoms with Crippen LogP contribution >= 0.6 is 11.6 Å². The topological polar surface area (TPSA) is 65.4 Å². The molecule has 26 heavy (non-hydrogen) atoms. The van der Waals surface area contributed by atoms with E-state index in [2.05, 4.69) is 10.3 Å². The number of rotatable bonds is 4. The highest BCUT2D eigenvalue weighted by atomic mass is 35.5. The molecule has 0 saturated carbocycles. The van der Waals surface area contributed by atoms with Crippen LogP contribution in [0.3, 0.4) is 0 Å². The number of ether oxygens (including phenoxy) is 2. The molecule has 1 atom stereocenters. The third-order valence-electron chi connectivity index (χ3n) is 4.23. The highest BCUT2D eigenvalue weighted by Crippen LogP contribution is 2.32. The highest BCUT2D eigenvalue weighted by Gasteiger charge is 2.23. The van der Waals surface area contributed by atoms with E-state index in [1.54, 1.807) is 36.5 Å². The van der Waals surface area contributed by atoms with Gasteiger partial charge in [0.05, 0.1) is 0 Å². The number of nitrogens with zero attached hydrogens (tertiary/aromatic N) is 2. The number of hydrogen-bond acceptors (Lipinski definition) is 4. The minimum Gasteiger partial charge on any atom is -0.454 e. The molecule has 0 spiro atoms. The number of fused-ring (bicyclic) bond motifs is 1. The summed E-state index contributed by atoms with van der Waals surface area (Å²) in [7, 11) is 1.89. The van der Waals surface area contributed by atoms with Crippen LogP contribution < -0.4 is 14.8 Å². The van der Waals surface area contributed by atoms with Crippen LogP contribution in [0.15, 0.2) is 54.9 Å². The third kappa shape index (κ3) is 3.11. The standard InChI is InChI=1S/C19H16ClN3O3/c1-23-9-8-21-18(23)17(12-2-5-14(20)6-3-12)22-19(24)13-4-7-15-16(10-13)26-11-25-15/h2-10,17H,11H2,1H3,(H,22,24). The summed E-state index contributed by atoms with van der Waals surface area (Å²) in [5.74, 6) is 1.70. The normalized spacial score (nSPS) is 13.5. The van der Waals surface area contributed by atoms with Crippen LogP contribution in [0.5, 0.6) is 11.5 Å². The Morgan fingerprint density at radius 3 is 2.69 bits per heavy atom. The molecule has 1 N–H and O–H groups in total. The maximum absolute atomic E-state index is 12.8. The maximum Gasteiger partial charge on any atom is 0.252 e. The van der Waals surface area contributed by atoms with Gasteiger partial charge in [-0.1, -0.05) is 23.7 Å². The van der Waals surface area contributed by atoms with Gasteiger partial charge < -0.3 is 19.4 Å². The molecule has 0 bridgehead atoms. The lowest BCUT2D eigenvalue weighted by Gasteiger charge is -2.19. The van der Waals surface area contributed by atoms with Crippen LogP contribution in [0, 0.1) is 0 Å². The number of aromatic nitrogens is 2. The lowest BCUT2D eigenvalue weighted by molar-refractivity contribution is 0.0940. The second kappa shape index (κ2) is 6.72. The van der Waals surface area contributed by atoms with Gasteiger partial charge in [0.25, 0.3) is 5.91 Å². The summed E-state index contributed by atoms with van der Waals surface area (Å²) >= 11 is 5.99. The number of carbonyl (C=O) groups excluding carboxylic acids is 1. The van der Waals surface area contributed by atoms with Crippen LogP contribution in [-0.4, -0.2) is 22.3 Å². The summed E-state index contributed by atoms with van der Waals surface area (Å²) in [5.41, 5.74) is 1.38. The Morgan fingerprint density at radius 2 is 1.96 bits per heavy atom. The molecular weight excluding hydrogens is 354 g/mol. The second-order valence-electron chi connectivity index (χ2n) is 5.92. The molecule has 3 aromatic rings. The van der Waals surface area contributed by atoms with E-state index in [0.29, 0.717) is 22.1 Å². The van der Waals surface area contributed by atoms with E-state index in [-0.39, 0.29) is 12.7 Å². The molecule has 132 valence electrons. The van der Waals surface area contributed by atoms with Gasteiger partial charge in [-0.2, -0.15) is 0 Å². The van der Waals surface area contributed by atoms with Gasteiger partial charge >= 0.3 is 0 Å². The molecule has 1 aromatic heterocycles. The number of imidazole rings is 1. The first kappa shape index (κ1) is 16.5. The molecular formula is C19H16ClN3O3. The zero-order valence-corrected chi connectivity index (χ0v) is 14.7. The molecule has 4 rings (SSSR count). The van der Waals surface area contributed by atoms with Crippen LogP contribution in [-0.2, 0) is 7.05 Å². The van der Waals surface area contributed by atoms with Crippen molar-refractivity contribution >= 4 is 17.5 Å². The van der Waals surface area contributed by atoms with E-state index in [1.807, 2.05) is 29.9 Å². The Bertz CT molecular complexity index is 953. The van der Waals surface area contributed by atoms with Gasteiger partial charge in [-0.15, -0.1) is 0 Å². The summed E-state index contributed by atoms with van der Waals surface area (Å²) in [4.78, 5) is 17.2. The molecule has 0 fully saturated rings. The Hall–Kier alpha value is -2.99. The van der Waals surface area contributed by atoms with Crippen LogP contribution in [0.4, 0.5) is 0 Å². The molecule has 0 radical (unpaired) electrons. The molecule has 1 aliphatic rings. The molecule has 1 amide bonds. The van der Waals surface area contributed by atoms with Crippen LogP contribution in [0.2, 0.25) is 5.02 Å². The zero-order chi connectivity index (χ0) is 18.1. The second-order valence-corrected chi connectivity index (χ2v) is 6.36. The third-order valence-corrected chi connectivity index (χ3v) is 4.48. The molecule has 1 aliphatic heterocycles. The molecule has 6 nitrogen and oxygen atoms in total. The van der Waals surface area contributed by atoms with Gasteiger partial charge in [0.2, 0.25) is 6.79 Å². The molecule has 2 aromatic carbocycles. The van der Waals surface area contributed by atoms with Crippen molar-refractivity contribution in [3.63, 3.8) is 0 Å². The van der Waals surface area contributed by atoms with E-state index in [9.17, 15) is 4.79 Å². The van der Waals surface area contributed by atoms with E-state index in [0.717, 1.165) is 11.4 Å². The Labute approximate surface area is 155 Å². The highest BCUT2D eigenvalue weighted by molar-refractivity contribution is 6.30. The maximum atomic E-state index is 12.8. The van der Waals surface area contributed by atoms with Crippen molar-refractivity contribution in [2.75, 3.05) is 6.79 Å². The molecule has 2 heterocycles. The number of hydrogen-bond donors (Lipinski definition) is 1. The Balaban J connectivity index is 1.65. The largest absolute Gasteiger partial charge is 0.454 e. The van der Waals surface area contributed by atoms with Gasteiger partial charge in [-0.05, 0) is 35.9 Å².